The Morgan fingerprint density at radius 3 is 2.62 bits per heavy atom. The van der Waals surface area contributed by atoms with Gasteiger partial charge in [-0.05, 0) is 26.0 Å². The summed E-state index contributed by atoms with van der Waals surface area (Å²) in [5.74, 6) is 0.0765. The van der Waals surface area contributed by atoms with Gasteiger partial charge in [0.15, 0.2) is 0 Å². The predicted octanol–water partition coefficient (Wildman–Crippen LogP) is 2.89. The van der Waals surface area contributed by atoms with E-state index < -0.39 is 0 Å². The summed E-state index contributed by atoms with van der Waals surface area (Å²) >= 11 is 0. The molecule has 8 nitrogen and oxygen atoms in total. The Balaban J connectivity index is 0.000000189. The summed E-state index contributed by atoms with van der Waals surface area (Å²) in [7, 11) is 4.02. The highest BCUT2D eigenvalue weighted by molar-refractivity contribution is 6.08. The lowest BCUT2D eigenvalue weighted by Crippen LogP contribution is -2.49. The maximum Gasteiger partial charge on any atom is 0.258 e. The summed E-state index contributed by atoms with van der Waals surface area (Å²) in [5.41, 5.74) is 2.68. The summed E-state index contributed by atoms with van der Waals surface area (Å²) in [6, 6.07) is 4.74. The van der Waals surface area contributed by atoms with Gasteiger partial charge in [0, 0.05) is 70.0 Å². The number of amides is 1. The molecule has 32 heavy (non-hydrogen) atoms. The van der Waals surface area contributed by atoms with Crippen LogP contribution in [0, 0.1) is 11.3 Å². The SMILES string of the molecule is CN1CCN(CCC#N)CC1.CN1CN(C2CCCCC2)c2c(cnc3[nH]ccc23)C1=O. The third-order valence-corrected chi connectivity index (χ3v) is 6.94. The van der Waals surface area contributed by atoms with Gasteiger partial charge in [0.1, 0.15) is 5.65 Å². The highest BCUT2D eigenvalue weighted by Crippen LogP contribution is 2.37. The van der Waals surface area contributed by atoms with Crippen molar-refractivity contribution in [3.63, 3.8) is 0 Å². The van der Waals surface area contributed by atoms with Gasteiger partial charge in [0.2, 0.25) is 0 Å². The van der Waals surface area contributed by atoms with Crippen molar-refractivity contribution in [1.29, 1.82) is 5.26 Å². The predicted molar refractivity (Wildman–Crippen MR) is 127 cm³/mol. The summed E-state index contributed by atoms with van der Waals surface area (Å²) in [6.07, 6.45) is 10.6. The molecule has 2 aromatic heterocycles. The number of aromatic nitrogens is 2. The van der Waals surface area contributed by atoms with Gasteiger partial charge in [-0.1, -0.05) is 19.3 Å². The zero-order valence-corrected chi connectivity index (χ0v) is 19.4. The molecule has 2 fully saturated rings. The summed E-state index contributed by atoms with van der Waals surface area (Å²) in [6.45, 7) is 6.17. The molecule has 0 atom stereocenters. The molecule has 0 bridgehead atoms. The van der Waals surface area contributed by atoms with Crippen LogP contribution in [0.15, 0.2) is 18.5 Å². The van der Waals surface area contributed by atoms with Crippen molar-refractivity contribution in [2.75, 3.05) is 58.4 Å². The van der Waals surface area contributed by atoms with E-state index in [1.165, 1.54) is 32.1 Å². The fourth-order valence-electron chi connectivity index (χ4n) is 5.00. The van der Waals surface area contributed by atoms with E-state index in [9.17, 15) is 4.79 Å². The van der Waals surface area contributed by atoms with E-state index in [1.54, 1.807) is 11.1 Å². The van der Waals surface area contributed by atoms with E-state index in [0.717, 1.165) is 55.0 Å². The van der Waals surface area contributed by atoms with Gasteiger partial charge in [0.25, 0.3) is 5.91 Å². The molecule has 3 aliphatic rings. The van der Waals surface area contributed by atoms with Crippen molar-refractivity contribution in [3.8, 4) is 6.07 Å². The van der Waals surface area contributed by atoms with E-state index in [-0.39, 0.29) is 5.91 Å². The number of nitriles is 1. The van der Waals surface area contributed by atoms with Crippen molar-refractivity contribution in [2.45, 2.75) is 44.6 Å². The van der Waals surface area contributed by atoms with Gasteiger partial charge >= 0.3 is 0 Å². The molecule has 172 valence electrons. The summed E-state index contributed by atoms with van der Waals surface area (Å²) in [5, 5.41) is 9.43. The average Bonchev–Trinajstić information content (AvgIpc) is 3.31. The average molecular weight is 438 g/mol. The molecule has 0 unspecified atom stereocenters. The lowest BCUT2D eigenvalue weighted by Gasteiger charge is -2.42. The molecule has 2 aromatic rings. The van der Waals surface area contributed by atoms with E-state index >= 15 is 0 Å². The number of aromatic amines is 1. The van der Waals surface area contributed by atoms with Crippen LogP contribution < -0.4 is 4.90 Å². The van der Waals surface area contributed by atoms with E-state index in [0.29, 0.717) is 19.1 Å². The first-order chi connectivity index (χ1) is 15.6. The number of hydrogen-bond acceptors (Lipinski definition) is 6. The minimum absolute atomic E-state index is 0.0765. The molecular formula is C24H35N7O. The number of carbonyl (C=O) groups excluding carboxylic acids is 1. The first-order valence-electron chi connectivity index (χ1n) is 11.8. The first kappa shape index (κ1) is 22.6. The molecule has 1 N–H and O–H groups in total. The standard InChI is InChI=1S/C16H20N4O.C8H15N3/c1-19-10-20(11-5-3-2-4-6-11)14-12-7-8-17-15(12)18-9-13(14)16(19)21;1-10-5-7-11(8-6-10)4-2-3-9/h7-9,11H,2-6,10H2,1H3,(H,17,18);2,4-8H2,1H3. The van der Waals surface area contributed by atoms with Crippen LogP contribution in [0.5, 0.6) is 0 Å². The molecule has 1 saturated heterocycles. The van der Waals surface area contributed by atoms with Crippen LogP contribution in [0.4, 0.5) is 5.69 Å². The van der Waals surface area contributed by atoms with Gasteiger partial charge < -0.3 is 19.7 Å². The molecule has 2 aliphatic heterocycles. The monoisotopic (exact) mass is 437 g/mol. The number of rotatable bonds is 3. The number of piperazine rings is 1. The molecule has 0 aromatic carbocycles. The zero-order chi connectivity index (χ0) is 22.5. The minimum atomic E-state index is 0.0765. The largest absolute Gasteiger partial charge is 0.349 e. The van der Waals surface area contributed by atoms with Crippen LogP contribution in [0.25, 0.3) is 11.0 Å². The molecule has 1 amide bonds. The second kappa shape index (κ2) is 10.3. The molecule has 1 saturated carbocycles. The maximum absolute atomic E-state index is 12.5. The van der Waals surface area contributed by atoms with Crippen molar-refractivity contribution >= 4 is 22.6 Å². The summed E-state index contributed by atoms with van der Waals surface area (Å²) in [4.78, 5) is 28.9. The van der Waals surface area contributed by atoms with Crippen LogP contribution >= 0.6 is 0 Å². The van der Waals surface area contributed by atoms with Crippen LogP contribution in [0.1, 0.15) is 48.9 Å². The number of likely N-dealkylation sites (N-methyl/N-ethyl adjacent to an activating group) is 1. The molecule has 4 heterocycles. The molecule has 5 rings (SSSR count). The van der Waals surface area contributed by atoms with Crippen molar-refractivity contribution in [2.24, 2.45) is 0 Å². The second-order valence-corrected chi connectivity index (χ2v) is 9.22. The van der Waals surface area contributed by atoms with Gasteiger partial charge in [-0.3, -0.25) is 9.69 Å². The van der Waals surface area contributed by atoms with Crippen molar-refractivity contribution in [3.05, 3.63) is 24.0 Å². The topological polar surface area (TPSA) is 82.5 Å². The third kappa shape index (κ3) is 4.89. The fourth-order valence-corrected chi connectivity index (χ4v) is 5.00. The highest BCUT2D eigenvalue weighted by Gasteiger charge is 2.33. The Hall–Kier alpha value is -2.63. The number of H-pyrrole nitrogens is 1. The van der Waals surface area contributed by atoms with Gasteiger partial charge in [-0.15, -0.1) is 0 Å². The Labute approximate surface area is 190 Å². The van der Waals surface area contributed by atoms with E-state index in [2.05, 4.69) is 37.8 Å². The number of nitrogens with one attached hydrogen (secondary N) is 1. The Kier molecular flexibility index (Phi) is 7.28. The minimum Gasteiger partial charge on any atom is -0.349 e. The van der Waals surface area contributed by atoms with E-state index in [4.69, 9.17) is 5.26 Å². The number of nitrogens with zero attached hydrogens (tertiary/aromatic N) is 6. The number of pyridine rings is 1. The lowest BCUT2D eigenvalue weighted by atomic mass is 9.92. The molecule has 0 spiro atoms. The van der Waals surface area contributed by atoms with Crippen LogP contribution in [-0.2, 0) is 0 Å². The molecular weight excluding hydrogens is 402 g/mol. The van der Waals surface area contributed by atoms with Crippen molar-refractivity contribution < 1.29 is 4.79 Å². The molecule has 8 heteroatoms. The van der Waals surface area contributed by atoms with Crippen molar-refractivity contribution in [1.82, 2.24) is 24.7 Å². The number of hydrogen-bond donors (Lipinski definition) is 1. The zero-order valence-electron chi connectivity index (χ0n) is 19.4. The number of anilines is 1. The lowest BCUT2D eigenvalue weighted by molar-refractivity contribution is 0.0775. The van der Waals surface area contributed by atoms with Gasteiger partial charge in [-0.2, -0.15) is 5.26 Å². The Bertz CT molecular complexity index is 951. The second-order valence-electron chi connectivity index (χ2n) is 9.22. The van der Waals surface area contributed by atoms with Gasteiger partial charge in [-0.25, -0.2) is 4.98 Å². The smallest absolute Gasteiger partial charge is 0.258 e. The first-order valence-corrected chi connectivity index (χ1v) is 11.8. The fraction of sp³-hybridized carbons (Fsp3) is 0.625. The normalized spacial score (nSPS) is 20.6. The van der Waals surface area contributed by atoms with Crippen LogP contribution in [-0.4, -0.2) is 90.1 Å². The Morgan fingerprint density at radius 1 is 1.16 bits per heavy atom. The van der Waals surface area contributed by atoms with Crippen LogP contribution in [0.3, 0.4) is 0 Å². The summed E-state index contributed by atoms with van der Waals surface area (Å²) < 4.78 is 0. The van der Waals surface area contributed by atoms with Gasteiger partial charge in [0.05, 0.1) is 24.0 Å². The Morgan fingerprint density at radius 2 is 1.91 bits per heavy atom. The molecule has 0 radical (unpaired) electrons. The third-order valence-electron chi connectivity index (χ3n) is 6.94. The number of fused-ring (bicyclic) bond motifs is 3. The quantitative estimate of drug-likeness (QED) is 0.795. The highest BCUT2D eigenvalue weighted by atomic mass is 16.2. The number of carbonyl (C=O) groups is 1. The maximum atomic E-state index is 12.5. The van der Waals surface area contributed by atoms with Crippen LogP contribution in [0.2, 0.25) is 0 Å². The van der Waals surface area contributed by atoms with E-state index in [1.807, 2.05) is 19.3 Å². The molecule has 1 aliphatic carbocycles.